The van der Waals surface area contributed by atoms with Crippen molar-refractivity contribution < 1.29 is 0 Å². The minimum absolute atomic E-state index is 0.317. The Kier molecular flexibility index (Phi) is 4.60. The molecule has 0 aromatic heterocycles. The lowest BCUT2D eigenvalue weighted by Crippen LogP contribution is -2.03. The Labute approximate surface area is 70.3 Å². The van der Waals surface area contributed by atoms with Gasteiger partial charge in [-0.25, -0.2) is 0 Å². The number of rotatable bonds is 5. The highest BCUT2D eigenvalue weighted by Gasteiger charge is 2.09. The lowest BCUT2D eigenvalue weighted by molar-refractivity contribution is 0.808. The van der Waals surface area contributed by atoms with Gasteiger partial charge in [0.1, 0.15) is 0 Å². The first kappa shape index (κ1) is 10.2. The van der Waals surface area contributed by atoms with E-state index in [0.29, 0.717) is 5.92 Å². The van der Waals surface area contributed by atoms with Crippen LogP contribution in [0, 0.1) is 12.3 Å². The van der Waals surface area contributed by atoms with E-state index in [1.165, 1.54) is 5.57 Å². The van der Waals surface area contributed by atoms with E-state index >= 15 is 0 Å². The highest BCUT2D eigenvalue weighted by molar-refractivity contribution is 5.22. The van der Waals surface area contributed by atoms with Crippen molar-refractivity contribution in [2.75, 3.05) is 0 Å². The molecule has 0 spiro atoms. The van der Waals surface area contributed by atoms with Gasteiger partial charge in [0.2, 0.25) is 0 Å². The van der Waals surface area contributed by atoms with Gasteiger partial charge >= 0.3 is 0 Å². The first-order chi connectivity index (χ1) is 5.13. The normalized spacial score (nSPS) is 12.2. The summed E-state index contributed by atoms with van der Waals surface area (Å²) in [4.78, 5) is 0. The summed E-state index contributed by atoms with van der Waals surface area (Å²) in [6.45, 7) is 15.7. The van der Waals surface area contributed by atoms with Gasteiger partial charge in [-0.3, -0.25) is 0 Å². The summed E-state index contributed by atoms with van der Waals surface area (Å²) in [5, 5.41) is 0. The molecule has 0 saturated heterocycles. The molecule has 0 aliphatic rings. The van der Waals surface area contributed by atoms with Crippen LogP contribution >= 0.6 is 0 Å². The van der Waals surface area contributed by atoms with Crippen LogP contribution in [0.25, 0.3) is 0 Å². The zero-order valence-electron chi connectivity index (χ0n) is 7.56. The average Bonchev–Trinajstić information content (AvgIpc) is 1.98. The molecular weight excluding hydrogens is 132 g/mol. The van der Waals surface area contributed by atoms with Gasteiger partial charge in [0.05, 0.1) is 0 Å². The molecule has 1 radical (unpaired) electrons. The molecule has 1 atom stereocenters. The molecule has 61 valence electrons. The van der Waals surface area contributed by atoms with Crippen LogP contribution < -0.4 is 0 Å². The molecule has 0 bridgehead atoms. The molecule has 0 nitrogen and oxygen atoms in total. The summed E-state index contributed by atoms with van der Waals surface area (Å²) in [5.74, 6) is 0.317. The zero-order chi connectivity index (χ0) is 8.85. The van der Waals surface area contributed by atoms with Crippen LogP contribution in [0.1, 0.15) is 20.3 Å². The van der Waals surface area contributed by atoms with Crippen LogP contribution in [0.5, 0.6) is 0 Å². The molecule has 0 aromatic carbocycles. The Hall–Kier alpha value is -0.780. The third kappa shape index (κ3) is 3.22. The van der Waals surface area contributed by atoms with Crippen molar-refractivity contribution in [3.8, 4) is 0 Å². The molecule has 0 heterocycles. The fraction of sp³-hybridized carbons (Fsp3) is 0.364. The number of allylic oxidation sites excluding steroid dienone is 3. The fourth-order valence-corrected chi connectivity index (χ4v) is 1.00. The van der Waals surface area contributed by atoms with Crippen LogP contribution in [-0.4, -0.2) is 0 Å². The first-order valence-corrected chi connectivity index (χ1v) is 3.92. The van der Waals surface area contributed by atoms with Crippen LogP contribution in [0.15, 0.2) is 37.0 Å². The summed E-state index contributed by atoms with van der Waals surface area (Å²) < 4.78 is 0. The van der Waals surface area contributed by atoms with Crippen LogP contribution in [0.2, 0.25) is 0 Å². The van der Waals surface area contributed by atoms with Gasteiger partial charge in [-0.05, 0) is 19.8 Å². The maximum Gasteiger partial charge on any atom is 0.00674 e. The van der Waals surface area contributed by atoms with E-state index in [-0.39, 0.29) is 0 Å². The van der Waals surface area contributed by atoms with E-state index in [4.69, 9.17) is 0 Å². The predicted molar refractivity (Wildman–Crippen MR) is 52.2 cm³/mol. The monoisotopic (exact) mass is 149 g/mol. The Morgan fingerprint density at radius 3 is 2.27 bits per heavy atom. The second kappa shape index (κ2) is 4.95. The summed E-state index contributed by atoms with van der Waals surface area (Å²) >= 11 is 0. The van der Waals surface area contributed by atoms with E-state index in [9.17, 15) is 0 Å². The van der Waals surface area contributed by atoms with Crippen molar-refractivity contribution in [1.82, 2.24) is 0 Å². The van der Waals surface area contributed by atoms with E-state index < -0.39 is 0 Å². The van der Waals surface area contributed by atoms with Gasteiger partial charge in [-0.2, -0.15) is 0 Å². The van der Waals surface area contributed by atoms with E-state index in [1.54, 1.807) is 6.08 Å². The molecule has 0 amide bonds. The summed E-state index contributed by atoms with van der Waals surface area (Å²) in [7, 11) is 0. The zero-order valence-corrected chi connectivity index (χ0v) is 7.56. The minimum Gasteiger partial charge on any atom is -0.103 e. The lowest BCUT2D eigenvalue weighted by atomic mass is 9.89. The van der Waals surface area contributed by atoms with Crippen LogP contribution in [0.3, 0.4) is 0 Å². The Bertz CT molecular complexity index is 163. The van der Waals surface area contributed by atoms with E-state index in [2.05, 4.69) is 26.7 Å². The molecule has 0 aliphatic carbocycles. The van der Waals surface area contributed by atoms with E-state index in [1.807, 2.05) is 13.3 Å². The molecule has 0 fully saturated rings. The van der Waals surface area contributed by atoms with Crippen molar-refractivity contribution in [2.24, 2.45) is 5.92 Å². The molecule has 0 aromatic rings. The van der Waals surface area contributed by atoms with Crippen LogP contribution in [0.4, 0.5) is 0 Å². The molecule has 0 heteroatoms. The smallest absolute Gasteiger partial charge is 0.00674 e. The van der Waals surface area contributed by atoms with E-state index in [0.717, 1.165) is 12.0 Å². The SMILES string of the molecule is C=C[CH]C(C(=C)C)C(=C)CC. The van der Waals surface area contributed by atoms with Gasteiger partial charge in [0.25, 0.3) is 0 Å². The predicted octanol–water partition coefficient (Wildman–Crippen LogP) is 3.54. The minimum atomic E-state index is 0.317. The molecule has 0 N–H and O–H groups in total. The molecule has 0 aliphatic heterocycles. The standard InChI is InChI=1S/C11H17/c1-6-8-11(9(3)4)10(5)7-2/h6,8,11H,1,3,5,7H2,2,4H3. The largest absolute Gasteiger partial charge is 0.103 e. The molecule has 1 unspecified atom stereocenters. The maximum absolute atomic E-state index is 3.97. The third-order valence-electron chi connectivity index (χ3n) is 1.75. The maximum atomic E-state index is 3.97. The van der Waals surface area contributed by atoms with Crippen molar-refractivity contribution in [1.29, 1.82) is 0 Å². The molecule has 11 heavy (non-hydrogen) atoms. The summed E-state index contributed by atoms with van der Waals surface area (Å²) in [6.07, 6.45) is 4.84. The second-order valence-electron chi connectivity index (χ2n) is 2.76. The summed E-state index contributed by atoms with van der Waals surface area (Å²) in [6, 6.07) is 0. The fourth-order valence-electron chi connectivity index (χ4n) is 1.00. The topological polar surface area (TPSA) is 0 Å². The van der Waals surface area contributed by atoms with Gasteiger partial charge in [0.15, 0.2) is 0 Å². The Balaban J connectivity index is 4.20. The molecular formula is C11H17. The number of hydrogen-bond donors (Lipinski definition) is 0. The van der Waals surface area contributed by atoms with Gasteiger partial charge < -0.3 is 0 Å². The molecule has 0 rings (SSSR count). The molecule has 0 saturated carbocycles. The quantitative estimate of drug-likeness (QED) is 0.524. The van der Waals surface area contributed by atoms with Crippen LogP contribution in [-0.2, 0) is 0 Å². The van der Waals surface area contributed by atoms with Gasteiger partial charge in [-0.15, -0.1) is 6.58 Å². The lowest BCUT2D eigenvalue weighted by Gasteiger charge is -2.16. The highest BCUT2D eigenvalue weighted by Crippen LogP contribution is 2.22. The van der Waals surface area contributed by atoms with Crippen molar-refractivity contribution in [3.05, 3.63) is 43.4 Å². The van der Waals surface area contributed by atoms with Crippen molar-refractivity contribution >= 4 is 0 Å². The van der Waals surface area contributed by atoms with Crippen molar-refractivity contribution in [2.45, 2.75) is 20.3 Å². The average molecular weight is 149 g/mol. The summed E-state index contributed by atoms with van der Waals surface area (Å²) in [5.41, 5.74) is 2.34. The Morgan fingerprint density at radius 2 is 2.00 bits per heavy atom. The highest BCUT2D eigenvalue weighted by atomic mass is 14.1. The third-order valence-corrected chi connectivity index (χ3v) is 1.75. The van der Waals surface area contributed by atoms with Gasteiger partial charge in [0, 0.05) is 5.92 Å². The number of hydrogen-bond acceptors (Lipinski definition) is 0. The van der Waals surface area contributed by atoms with Gasteiger partial charge in [-0.1, -0.05) is 37.3 Å². The van der Waals surface area contributed by atoms with Crippen molar-refractivity contribution in [3.63, 3.8) is 0 Å². The second-order valence-corrected chi connectivity index (χ2v) is 2.76. The first-order valence-electron chi connectivity index (χ1n) is 3.92. The Morgan fingerprint density at radius 1 is 1.45 bits per heavy atom.